The molecule has 0 fully saturated rings. The third-order valence-electron chi connectivity index (χ3n) is 3.83. The molecule has 3 heterocycles. The van der Waals surface area contributed by atoms with Crippen molar-refractivity contribution in [2.75, 3.05) is 0 Å². The summed E-state index contributed by atoms with van der Waals surface area (Å²) in [5.41, 5.74) is -0.503. The second-order valence-electron chi connectivity index (χ2n) is 5.42. The molecule has 3 aromatic rings. The van der Waals surface area contributed by atoms with Crippen molar-refractivity contribution in [3.8, 4) is 11.5 Å². The Bertz CT molecular complexity index is 1140. The summed E-state index contributed by atoms with van der Waals surface area (Å²) in [5.74, 6) is -3.56. The predicted molar refractivity (Wildman–Crippen MR) is 91.2 cm³/mol. The smallest absolute Gasteiger partial charge is 0.458 e. The Hall–Kier alpha value is -3.40. The van der Waals surface area contributed by atoms with Crippen molar-refractivity contribution in [1.82, 2.24) is 14.1 Å². The molecule has 0 aliphatic carbocycles. The molecular weight excluding hydrogens is 388 g/mol. The summed E-state index contributed by atoms with van der Waals surface area (Å²) < 4.78 is 40.7. The quantitative estimate of drug-likeness (QED) is 0.683. The summed E-state index contributed by atoms with van der Waals surface area (Å²) in [6.07, 6.45) is 5.31. The number of nitrogens with zero attached hydrogens (tertiary/aromatic N) is 3. The van der Waals surface area contributed by atoms with Crippen LogP contribution in [0.15, 0.2) is 42.0 Å². The Kier molecular flexibility index (Phi) is 4.58. The van der Waals surface area contributed by atoms with E-state index in [4.69, 9.17) is 9.84 Å². The number of carboxylic acid groups (broad SMARTS) is 1. The number of pyridine rings is 1. The summed E-state index contributed by atoms with van der Waals surface area (Å²) in [5, 5.41) is 8.54. The first kappa shape index (κ1) is 18.4. The lowest BCUT2D eigenvalue weighted by Crippen LogP contribution is -2.20. The predicted octanol–water partition coefficient (Wildman–Crippen LogP) is 2.85. The highest BCUT2D eigenvalue weighted by Crippen LogP contribution is 2.36. The molecular formula is C16H10ClF2N3O5. The van der Waals surface area contributed by atoms with Crippen LogP contribution in [0.4, 0.5) is 13.6 Å². The van der Waals surface area contributed by atoms with Gasteiger partial charge < -0.3 is 23.7 Å². The number of ether oxygens (including phenoxy) is 2. The number of hydrogen-bond acceptors (Lipinski definition) is 5. The zero-order valence-corrected chi connectivity index (χ0v) is 14.1. The Morgan fingerprint density at radius 3 is 2.81 bits per heavy atom. The second kappa shape index (κ2) is 6.72. The molecule has 4 rings (SSSR count). The lowest BCUT2D eigenvalue weighted by Gasteiger charge is -2.22. The van der Waals surface area contributed by atoms with Gasteiger partial charge in [0.15, 0.2) is 17.3 Å². The fourth-order valence-corrected chi connectivity index (χ4v) is 2.74. The van der Waals surface area contributed by atoms with Crippen LogP contribution in [-0.4, -0.2) is 25.4 Å². The van der Waals surface area contributed by atoms with Crippen molar-refractivity contribution in [2.24, 2.45) is 0 Å². The SMILES string of the molecule is Cl.O=C(O)Oc1cn2c3c(c(F)c(F)cc3c1=O)OC=C2Cn1ccnc1. The number of imidazole rings is 1. The number of hydrogen-bond donors (Lipinski definition) is 1. The van der Waals surface area contributed by atoms with Crippen LogP contribution < -0.4 is 14.9 Å². The van der Waals surface area contributed by atoms with Crippen LogP contribution >= 0.6 is 12.4 Å². The maximum atomic E-state index is 14.1. The van der Waals surface area contributed by atoms with E-state index in [0.717, 1.165) is 6.20 Å². The van der Waals surface area contributed by atoms with E-state index in [1.165, 1.54) is 17.2 Å². The molecule has 0 saturated carbocycles. The Morgan fingerprint density at radius 1 is 1.37 bits per heavy atom. The van der Waals surface area contributed by atoms with Gasteiger partial charge in [0.2, 0.25) is 11.2 Å². The Labute approximate surface area is 155 Å². The summed E-state index contributed by atoms with van der Waals surface area (Å²) in [4.78, 5) is 27.2. The zero-order valence-electron chi connectivity index (χ0n) is 13.3. The van der Waals surface area contributed by atoms with Gasteiger partial charge in [0.25, 0.3) is 0 Å². The number of aromatic nitrogens is 3. The highest BCUT2D eigenvalue weighted by molar-refractivity contribution is 5.90. The van der Waals surface area contributed by atoms with E-state index in [0.29, 0.717) is 11.8 Å². The van der Waals surface area contributed by atoms with Crippen LogP contribution in [0.5, 0.6) is 11.5 Å². The van der Waals surface area contributed by atoms with Gasteiger partial charge in [-0.3, -0.25) is 4.79 Å². The fourth-order valence-electron chi connectivity index (χ4n) is 2.74. The average Bonchev–Trinajstić information content (AvgIpc) is 3.10. The number of benzene rings is 1. The van der Waals surface area contributed by atoms with Crippen LogP contribution in [-0.2, 0) is 6.54 Å². The van der Waals surface area contributed by atoms with Crippen molar-refractivity contribution in [2.45, 2.75) is 6.54 Å². The van der Waals surface area contributed by atoms with Crippen LogP contribution in [0.1, 0.15) is 0 Å². The van der Waals surface area contributed by atoms with Crippen molar-refractivity contribution in [3.05, 3.63) is 59.1 Å². The molecule has 1 N–H and O–H groups in total. The van der Waals surface area contributed by atoms with Gasteiger partial charge in [-0.2, -0.15) is 4.39 Å². The molecule has 1 aliphatic heterocycles. The molecule has 0 bridgehead atoms. The van der Waals surface area contributed by atoms with Gasteiger partial charge in [-0.15, -0.1) is 12.4 Å². The van der Waals surface area contributed by atoms with E-state index >= 15 is 0 Å². The molecule has 1 aliphatic rings. The van der Waals surface area contributed by atoms with Crippen molar-refractivity contribution >= 4 is 35.2 Å². The van der Waals surface area contributed by atoms with Crippen LogP contribution in [0.3, 0.4) is 0 Å². The summed E-state index contributed by atoms with van der Waals surface area (Å²) in [6.45, 7) is 0.211. The van der Waals surface area contributed by atoms with Gasteiger partial charge >= 0.3 is 6.16 Å². The standard InChI is InChI=1S/C16H9F2N3O5.ClH/c17-10-3-9-13-15(12(10)18)25-6-8(4-20-2-1-19-7-20)21(13)5-11(14(9)22)26-16(23)24;/h1-3,5-7H,4H2,(H,23,24);1H. The molecule has 27 heavy (non-hydrogen) atoms. The van der Waals surface area contributed by atoms with Crippen LogP contribution in [0.25, 0.3) is 16.6 Å². The first-order valence-corrected chi connectivity index (χ1v) is 7.25. The molecule has 0 spiro atoms. The molecule has 0 atom stereocenters. The first-order valence-electron chi connectivity index (χ1n) is 7.25. The van der Waals surface area contributed by atoms with Crippen LogP contribution in [0, 0.1) is 11.6 Å². The largest absolute Gasteiger partial charge is 0.511 e. The fraction of sp³-hybridized carbons (Fsp3) is 0.0625. The van der Waals surface area contributed by atoms with E-state index in [-0.39, 0.29) is 29.9 Å². The maximum Gasteiger partial charge on any atom is 0.511 e. The summed E-state index contributed by atoms with van der Waals surface area (Å²) in [6, 6.07) is 0.686. The highest BCUT2D eigenvalue weighted by Gasteiger charge is 2.26. The van der Waals surface area contributed by atoms with E-state index in [2.05, 4.69) is 9.72 Å². The van der Waals surface area contributed by atoms with Crippen molar-refractivity contribution < 1.29 is 28.2 Å². The van der Waals surface area contributed by atoms with Crippen LogP contribution in [0.2, 0.25) is 0 Å². The van der Waals surface area contributed by atoms with Gasteiger partial charge in [0, 0.05) is 12.4 Å². The highest BCUT2D eigenvalue weighted by atomic mass is 35.5. The molecule has 0 saturated heterocycles. The number of allylic oxidation sites excluding steroid dienone is 1. The molecule has 8 nitrogen and oxygen atoms in total. The molecule has 11 heteroatoms. The van der Waals surface area contributed by atoms with Gasteiger partial charge in [0.05, 0.1) is 30.2 Å². The van der Waals surface area contributed by atoms with Gasteiger partial charge in [-0.1, -0.05) is 0 Å². The third-order valence-corrected chi connectivity index (χ3v) is 3.83. The average molecular weight is 398 g/mol. The van der Waals surface area contributed by atoms with E-state index < -0.39 is 34.7 Å². The van der Waals surface area contributed by atoms with Crippen molar-refractivity contribution in [3.63, 3.8) is 0 Å². The number of carbonyl (C=O) groups is 1. The van der Waals surface area contributed by atoms with Crippen molar-refractivity contribution in [1.29, 1.82) is 0 Å². The third kappa shape index (κ3) is 2.99. The normalized spacial score (nSPS) is 12.1. The Balaban J connectivity index is 0.00000210. The molecule has 2 aromatic heterocycles. The van der Waals surface area contributed by atoms with E-state index in [1.54, 1.807) is 17.0 Å². The molecule has 0 amide bonds. The molecule has 0 unspecified atom stereocenters. The van der Waals surface area contributed by atoms with Gasteiger partial charge in [-0.25, -0.2) is 14.2 Å². The summed E-state index contributed by atoms with van der Waals surface area (Å²) in [7, 11) is 0. The number of halogens is 3. The minimum Gasteiger partial charge on any atom is -0.458 e. The van der Waals surface area contributed by atoms with E-state index in [9.17, 15) is 18.4 Å². The monoisotopic (exact) mass is 397 g/mol. The number of rotatable bonds is 3. The molecule has 140 valence electrons. The first-order chi connectivity index (χ1) is 12.5. The minimum atomic E-state index is -1.70. The molecule has 0 radical (unpaired) electrons. The topological polar surface area (TPSA) is 95.6 Å². The second-order valence-corrected chi connectivity index (χ2v) is 5.42. The van der Waals surface area contributed by atoms with Gasteiger partial charge in [0.1, 0.15) is 11.8 Å². The maximum absolute atomic E-state index is 14.1. The zero-order chi connectivity index (χ0) is 18.4. The lowest BCUT2D eigenvalue weighted by atomic mass is 10.1. The van der Waals surface area contributed by atoms with Gasteiger partial charge in [-0.05, 0) is 6.07 Å². The lowest BCUT2D eigenvalue weighted by molar-refractivity contribution is 0.144. The Morgan fingerprint density at radius 2 is 2.15 bits per heavy atom. The van der Waals surface area contributed by atoms with E-state index in [1.807, 2.05) is 0 Å². The molecule has 1 aromatic carbocycles. The minimum absolute atomic E-state index is 0. The summed E-state index contributed by atoms with van der Waals surface area (Å²) >= 11 is 0.